The third-order valence-corrected chi connectivity index (χ3v) is 3.03. The maximum Gasteiger partial charge on any atom is 0.130 e. The van der Waals surface area contributed by atoms with Gasteiger partial charge < -0.3 is 14.8 Å². The molecule has 0 spiro atoms. The summed E-state index contributed by atoms with van der Waals surface area (Å²) in [6, 6.07) is 5.93. The van der Waals surface area contributed by atoms with E-state index in [-0.39, 0.29) is 0 Å². The van der Waals surface area contributed by atoms with E-state index >= 15 is 0 Å². The van der Waals surface area contributed by atoms with Crippen LogP contribution in [0, 0.1) is 0 Å². The summed E-state index contributed by atoms with van der Waals surface area (Å²) < 4.78 is 10.6. The summed E-state index contributed by atoms with van der Waals surface area (Å²) in [5.41, 5.74) is 2.36. The molecule has 0 atom stereocenters. The molecule has 1 rings (SSSR count). The highest BCUT2D eigenvalue weighted by atomic mass is 16.5. The van der Waals surface area contributed by atoms with Crippen molar-refractivity contribution in [1.82, 2.24) is 5.32 Å². The lowest BCUT2D eigenvalue weighted by Gasteiger charge is -2.11. The zero-order valence-electron chi connectivity index (χ0n) is 12.5. The van der Waals surface area contributed by atoms with Crippen LogP contribution in [0.4, 0.5) is 0 Å². The third kappa shape index (κ3) is 4.95. The molecule has 0 fully saturated rings. The maximum atomic E-state index is 5.42. The van der Waals surface area contributed by atoms with E-state index in [1.54, 1.807) is 14.2 Å². The highest BCUT2D eigenvalue weighted by Crippen LogP contribution is 2.29. The second-order valence-corrected chi connectivity index (χ2v) is 4.49. The van der Waals surface area contributed by atoms with Crippen LogP contribution < -0.4 is 14.8 Å². The molecule has 0 saturated carbocycles. The second-order valence-electron chi connectivity index (χ2n) is 4.49. The van der Waals surface area contributed by atoms with Crippen LogP contribution in [0.15, 0.2) is 24.3 Å². The molecule has 0 amide bonds. The molecule has 1 aromatic carbocycles. The topological polar surface area (TPSA) is 30.5 Å². The first-order chi connectivity index (χ1) is 9.22. The van der Waals surface area contributed by atoms with Crippen molar-refractivity contribution in [3.63, 3.8) is 0 Å². The molecule has 0 aromatic heterocycles. The Morgan fingerprint density at radius 1 is 1.21 bits per heavy atom. The zero-order valence-corrected chi connectivity index (χ0v) is 12.5. The number of benzene rings is 1. The minimum atomic E-state index is 0.818. The summed E-state index contributed by atoms with van der Waals surface area (Å²) in [4.78, 5) is 0. The highest BCUT2D eigenvalue weighted by molar-refractivity contribution is 5.69. The minimum absolute atomic E-state index is 0.818. The molecule has 0 aliphatic rings. The largest absolute Gasteiger partial charge is 0.497 e. The van der Waals surface area contributed by atoms with Crippen molar-refractivity contribution in [2.75, 3.05) is 27.3 Å². The Labute approximate surface area is 116 Å². The van der Waals surface area contributed by atoms with Crippen LogP contribution >= 0.6 is 0 Å². The molecule has 0 saturated heterocycles. The van der Waals surface area contributed by atoms with Crippen LogP contribution in [-0.2, 0) is 0 Å². The van der Waals surface area contributed by atoms with Gasteiger partial charge in [-0.1, -0.05) is 13.0 Å². The fourth-order valence-corrected chi connectivity index (χ4v) is 1.93. The van der Waals surface area contributed by atoms with Crippen LogP contribution in [0.1, 0.15) is 32.3 Å². The minimum Gasteiger partial charge on any atom is -0.497 e. The summed E-state index contributed by atoms with van der Waals surface area (Å²) in [7, 11) is 3.35. The Hall–Kier alpha value is -1.48. The molecular weight excluding hydrogens is 238 g/mol. The quantitative estimate of drug-likeness (QED) is 0.728. The Morgan fingerprint density at radius 3 is 2.63 bits per heavy atom. The molecular formula is C16H25NO2. The lowest BCUT2D eigenvalue weighted by atomic mass is 10.0. The molecule has 19 heavy (non-hydrogen) atoms. The SMILES string of the molecule is CCCNCCC=C(C)c1ccc(OC)cc1OC. The molecule has 0 radical (unpaired) electrons. The van der Waals surface area contributed by atoms with Crippen LogP contribution in [0.2, 0.25) is 0 Å². The van der Waals surface area contributed by atoms with E-state index in [0.717, 1.165) is 36.6 Å². The van der Waals surface area contributed by atoms with E-state index in [1.807, 2.05) is 18.2 Å². The summed E-state index contributed by atoms with van der Waals surface area (Å²) in [5.74, 6) is 1.67. The molecule has 1 N–H and O–H groups in total. The van der Waals surface area contributed by atoms with Gasteiger partial charge in [0.1, 0.15) is 11.5 Å². The van der Waals surface area contributed by atoms with Crippen LogP contribution in [0.5, 0.6) is 11.5 Å². The van der Waals surface area contributed by atoms with Crippen molar-refractivity contribution < 1.29 is 9.47 Å². The van der Waals surface area contributed by atoms with Crippen molar-refractivity contribution in [3.8, 4) is 11.5 Å². The molecule has 3 heteroatoms. The normalized spacial score (nSPS) is 11.5. The molecule has 0 aliphatic heterocycles. The van der Waals surface area contributed by atoms with Gasteiger partial charge in [-0.2, -0.15) is 0 Å². The van der Waals surface area contributed by atoms with E-state index in [4.69, 9.17) is 9.47 Å². The lowest BCUT2D eigenvalue weighted by molar-refractivity contribution is 0.393. The average Bonchev–Trinajstić information content (AvgIpc) is 2.46. The zero-order chi connectivity index (χ0) is 14.1. The van der Waals surface area contributed by atoms with E-state index in [2.05, 4.69) is 25.2 Å². The number of rotatable bonds is 8. The molecule has 0 unspecified atom stereocenters. The number of hydrogen-bond acceptors (Lipinski definition) is 3. The highest BCUT2D eigenvalue weighted by Gasteiger charge is 2.06. The van der Waals surface area contributed by atoms with Gasteiger partial charge >= 0.3 is 0 Å². The lowest BCUT2D eigenvalue weighted by Crippen LogP contribution is -2.15. The number of nitrogens with one attached hydrogen (secondary N) is 1. The van der Waals surface area contributed by atoms with Gasteiger partial charge in [0, 0.05) is 11.6 Å². The summed E-state index contributed by atoms with van der Waals surface area (Å²) >= 11 is 0. The number of methoxy groups -OCH3 is 2. The van der Waals surface area contributed by atoms with E-state index in [0.29, 0.717) is 0 Å². The monoisotopic (exact) mass is 263 g/mol. The number of hydrogen-bond donors (Lipinski definition) is 1. The number of allylic oxidation sites excluding steroid dienone is 1. The van der Waals surface area contributed by atoms with E-state index in [9.17, 15) is 0 Å². The molecule has 0 heterocycles. The van der Waals surface area contributed by atoms with Gasteiger partial charge in [-0.3, -0.25) is 0 Å². The Bertz CT molecular complexity index is 413. The molecule has 0 aliphatic carbocycles. The fraction of sp³-hybridized carbons (Fsp3) is 0.500. The summed E-state index contributed by atoms with van der Waals surface area (Å²) in [6.07, 6.45) is 4.45. The maximum absolute atomic E-state index is 5.42. The first-order valence-electron chi connectivity index (χ1n) is 6.82. The van der Waals surface area contributed by atoms with Crippen molar-refractivity contribution in [2.24, 2.45) is 0 Å². The number of ether oxygens (including phenoxy) is 2. The first-order valence-corrected chi connectivity index (χ1v) is 6.82. The van der Waals surface area contributed by atoms with Gasteiger partial charge in [0.15, 0.2) is 0 Å². The van der Waals surface area contributed by atoms with Crippen LogP contribution in [-0.4, -0.2) is 27.3 Å². The second kappa shape index (κ2) is 8.59. The van der Waals surface area contributed by atoms with Crippen LogP contribution in [0.25, 0.3) is 5.57 Å². The van der Waals surface area contributed by atoms with Gasteiger partial charge in [0.05, 0.1) is 14.2 Å². The van der Waals surface area contributed by atoms with Crippen molar-refractivity contribution in [2.45, 2.75) is 26.7 Å². The Balaban J connectivity index is 2.69. The summed E-state index contributed by atoms with van der Waals surface area (Å²) in [6.45, 7) is 6.39. The van der Waals surface area contributed by atoms with Gasteiger partial charge in [-0.25, -0.2) is 0 Å². The van der Waals surface area contributed by atoms with Gasteiger partial charge in [0.2, 0.25) is 0 Å². The van der Waals surface area contributed by atoms with Gasteiger partial charge in [0.25, 0.3) is 0 Å². The van der Waals surface area contributed by atoms with Crippen molar-refractivity contribution >= 4 is 5.57 Å². The first kappa shape index (κ1) is 15.6. The Morgan fingerprint density at radius 2 is 2.00 bits per heavy atom. The van der Waals surface area contributed by atoms with Crippen LogP contribution in [0.3, 0.4) is 0 Å². The predicted octanol–water partition coefficient (Wildman–Crippen LogP) is 3.50. The average molecular weight is 263 g/mol. The smallest absolute Gasteiger partial charge is 0.130 e. The van der Waals surface area contributed by atoms with Gasteiger partial charge in [-0.05, 0) is 50.6 Å². The molecule has 0 bridgehead atoms. The summed E-state index contributed by atoms with van der Waals surface area (Å²) in [5, 5.41) is 3.39. The Kier molecular flexibility index (Phi) is 7.04. The van der Waals surface area contributed by atoms with E-state index < -0.39 is 0 Å². The van der Waals surface area contributed by atoms with Crippen molar-refractivity contribution in [3.05, 3.63) is 29.8 Å². The molecule has 1 aromatic rings. The fourth-order valence-electron chi connectivity index (χ4n) is 1.93. The van der Waals surface area contributed by atoms with Gasteiger partial charge in [-0.15, -0.1) is 0 Å². The third-order valence-electron chi connectivity index (χ3n) is 3.03. The van der Waals surface area contributed by atoms with E-state index in [1.165, 1.54) is 12.0 Å². The standard InChI is InChI=1S/C16H25NO2/c1-5-10-17-11-6-7-13(2)15-9-8-14(18-3)12-16(15)19-4/h7-9,12,17H,5-6,10-11H2,1-4H3. The predicted molar refractivity (Wildman–Crippen MR) is 81.0 cm³/mol. The molecule has 3 nitrogen and oxygen atoms in total. The molecule has 106 valence electrons. The van der Waals surface area contributed by atoms with Crippen molar-refractivity contribution in [1.29, 1.82) is 0 Å².